The molecule has 0 saturated carbocycles. The van der Waals surface area contributed by atoms with E-state index < -0.39 is 0 Å². The van der Waals surface area contributed by atoms with Crippen LogP contribution in [0.1, 0.15) is 32.2 Å². The molecule has 0 aliphatic rings. The van der Waals surface area contributed by atoms with Crippen molar-refractivity contribution in [2.75, 3.05) is 12.4 Å². The van der Waals surface area contributed by atoms with Crippen molar-refractivity contribution in [3.8, 4) is 0 Å². The van der Waals surface area contributed by atoms with Crippen LogP contribution in [0, 0.1) is 13.8 Å². The van der Waals surface area contributed by atoms with Crippen molar-refractivity contribution >= 4 is 5.69 Å². The van der Waals surface area contributed by atoms with Gasteiger partial charge in [-0.1, -0.05) is 0 Å². The van der Waals surface area contributed by atoms with E-state index in [1.54, 1.807) is 7.11 Å². The van der Waals surface area contributed by atoms with Gasteiger partial charge >= 0.3 is 0 Å². The van der Waals surface area contributed by atoms with Crippen LogP contribution in [-0.4, -0.2) is 29.0 Å². The van der Waals surface area contributed by atoms with Gasteiger partial charge in [0, 0.05) is 19.7 Å². The van der Waals surface area contributed by atoms with Crippen molar-refractivity contribution in [3.63, 3.8) is 0 Å². The summed E-state index contributed by atoms with van der Waals surface area (Å²) in [6, 6.07) is 0.275. The Kier molecular flexibility index (Phi) is 4.35. The highest BCUT2D eigenvalue weighted by molar-refractivity contribution is 5.52. The van der Waals surface area contributed by atoms with E-state index in [1.807, 2.05) is 11.6 Å². The van der Waals surface area contributed by atoms with Gasteiger partial charge in [0.1, 0.15) is 0 Å². The van der Waals surface area contributed by atoms with Crippen LogP contribution in [-0.2, 0) is 11.3 Å². The summed E-state index contributed by atoms with van der Waals surface area (Å²) < 4.78 is 7.32. The lowest BCUT2D eigenvalue weighted by atomic mass is 10.2. The van der Waals surface area contributed by atoms with Crippen LogP contribution in [0.3, 0.4) is 0 Å². The quantitative estimate of drug-likeness (QED) is 0.836. The van der Waals surface area contributed by atoms with E-state index in [-0.39, 0.29) is 12.1 Å². The van der Waals surface area contributed by atoms with Crippen molar-refractivity contribution in [1.82, 2.24) is 9.78 Å². The smallest absolute Gasteiger partial charge is 0.0828 e. The highest BCUT2D eigenvalue weighted by atomic mass is 16.5. The predicted octanol–water partition coefficient (Wildman–Crippen LogP) is 2.36. The molecule has 4 heteroatoms. The molecule has 1 aromatic rings. The Morgan fingerprint density at radius 1 is 1.38 bits per heavy atom. The molecule has 0 spiro atoms. The highest BCUT2D eigenvalue weighted by Crippen LogP contribution is 2.21. The van der Waals surface area contributed by atoms with E-state index in [0.29, 0.717) is 0 Å². The van der Waals surface area contributed by atoms with Gasteiger partial charge in [0.25, 0.3) is 0 Å². The lowest BCUT2D eigenvalue weighted by molar-refractivity contribution is 0.106. The summed E-state index contributed by atoms with van der Waals surface area (Å²) in [5, 5.41) is 7.96. The molecule has 0 aliphatic heterocycles. The number of aromatic nitrogens is 2. The largest absolute Gasteiger partial charge is 0.380 e. The molecule has 92 valence electrons. The second-order valence-corrected chi connectivity index (χ2v) is 4.24. The van der Waals surface area contributed by atoms with E-state index in [0.717, 1.165) is 17.9 Å². The molecule has 0 amide bonds. The Labute approximate surface area is 98.0 Å². The van der Waals surface area contributed by atoms with E-state index in [4.69, 9.17) is 4.74 Å². The van der Waals surface area contributed by atoms with E-state index in [2.05, 4.69) is 38.1 Å². The number of ether oxygens (including phenoxy) is 1. The van der Waals surface area contributed by atoms with Gasteiger partial charge < -0.3 is 10.1 Å². The molecule has 0 fully saturated rings. The van der Waals surface area contributed by atoms with Gasteiger partial charge in [-0.3, -0.25) is 4.68 Å². The minimum absolute atomic E-state index is 0.184. The summed E-state index contributed by atoms with van der Waals surface area (Å²) in [5.74, 6) is 0. The molecule has 1 aromatic heterocycles. The van der Waals surface area contributed by atoms with Crippen molar-refractivity contribution in [2.24, 2.45) is 0 Å². The minimum atomic E-state index is 0.184. The summed E-state index contributed by atoms with van der Waals surface area (Å²) in [6.45, 7) is 11.3. The molecule has 0 aromatic carbocycles. The van der Waals surface area contributed by atoms with Crippen molar-refractivity contribution in [3.05, 3.63) is 11.4 Å². The average molecular weight is 225 g/mol. The van der Waals surface area contributed by atoms with Crippen LogP contribution in [0.4, 0.5) is 5.69 Å². The summed E-state index contributed by atoms with van der Waals surface area (Å²) in [4.78, 5) is 0. The first-order chi connectivity index (χ1) is 7.51. The first-order valence-corrected chi connectivity index (χ1v) is 5.84. The molecule has 1 rings (SSSR count). The highest BCUT2D eigenvalue weighted by Gasteiger charge is 2.16. The van der Waals surface area contributed by atoms with Gasteiger partial charge in [-0.05, 0) is 34.6 Å². The number of anilines is 1. The van der Waals surface area contributed by atoms with Gasteiger partial charge in [-0.15, -0.1) is 0 Å². The number of rotatable bonds is 5. The second kappa shape index (κ2) is 5.34. The molecule has 0 saturated heterocycles. The topological polar surface area (TPSA) is 39.1 Å². The van der Waals surface area contributed by atoms with E-state index >= 15 is 0 Å². The molecule has 0 bridgehead atoms. The van der Waals surface area contributed by atoms with Crippen LogP contribution in [0.25, 0.3) is 0 Å². The van der Waals surface area contributed by atoms with Crippen LogP contribution in [0.2, 0.25) is 0 Å². The first kappa shape index (κ1) is 13.0. The third-order valence-electron chi connectivity index (χ3n) is 3.13. The zero-order chi connectivity index (χ0) is 12.3. The molecular weight excluding hydrogens is 202 g/mol. The Balaban J connectivity index is 2.84. The molecule has 16 heavy (non-hydrogen) atoms. The second-order valence-electron chi connectivity index (χ2n) is 4.24. The molecule has 0 radical (unpaired) electrons. The van der Waals surface area contributed by atoms with Crippen LogP contribution in [0.5, 0.6) is 0 Å². The van der Waals surface area contributed by atoms with Crippen LogP contribution < -0.4 is 5.32 Å². The lowest BCUT2D eigenvalue weighted by Crippen LogP contribution is -2.30. The van der Waals surface area contributed by atoms with E-state index in [9.17, 15) is 0 Å². The minimum Gasteiger partial charge on any atom is -0.380 e. The fraction of sp³-hybridized carbons (Fsp3) is 0.750. The summed E-state index contributed by atoms with van der Waals surface area (Å²) in [7, 11) is 1.73. The Hall–Kier alpha value is -1.03. The maximum atomic E-state index is 5.31. The molecule has 1 heterocycles. The number of hydrogen-bond donors (Lipinski definition) is 1. The summed E-state index contributed by atoms with van der Waals surface area (Å²) in [6.07, 6.45) is 0.184. The number of methoxy groups -OCH3 is 1. The van der Waals surface area contributed by atoms with Crippen LogP contribution in [0.15, 0.2) is 0 Å². The maximum absolute atomic E-state index is 5.31. The molecule has 1 N–H and O–H groups in total. The Morgan fingerprint density at radius 2 is 2.00 bits per heavy atom. The zero-order valence-corrected chi connectivity index (χ0v) is 11.2. The Morgan fingerprint density at radius 3 is 2.44 bits per heavy atom. The van der Waals surface area contributed by atoms with Crippen molar-refractivity contribution in [2.45, 2.75) is 53.3 Å². The number of nitrogens with zero attached hydrogens (tertiary/aromatic N) is 2. The predicted molar refractivity (Wildman–Crippen MR) is 66.9 cm³/mol. The number of nitrogens with one attached hydrogen (secondary N) is 1. The van der Waals surface area contributed by atoms with Crippen LogP contribution >= 0.6 is 0 Å². The van der Waals surface area contributed by atoms with Gasteiger partial charge in [0.05, 0.1) is 23.2 Å². The Bertz CT molecular complexity index is 346. The van der Waals surface area contributed by atoms with Crippen molar-refractivity contribution in [1.29, 1.82) is 0 Å². The third kappa shape index (κ3) is 2.55. The van der Waals surface area contributed by atoms with E-state index in [1.165, 1.54) is 5.69 Å². The number of aryl methyl sites for hydroxylation is 2. The average Bonchev–Trinajstić information content (AvgIpc) is 2.55. The summed E-state index contributed by atoms with van der Waals surface area (Å²) in [5.41, 5.74) is 3.38. The van der Waals surface area contributed by atoms with Gasteiger partial charge in [0.15, 0.2) is 0 Å². The van der Waals surface area contributed by atoms with Gasteiger partial charge in [-0.25, -0.2) is 0 Å². The first-order valence-electron chi connectivity index (χ1n) is 5.84. The third-order valence-corrected chi connectivity index (χ3v) is 3.13. The summed E-state index contributed by atoms with van der Waals surface area (Å²) >= 11 is 0. The molecular formula is C12H23N3O. The monoisotopic (exact) mass is 225 g/mol. The molecule has 4 nitrogen and oxygen atoms in total. The lowest BCUT2D eigenvalue weighted by Gasteiger charge is -2.21. The fourth-order valence-electron chi connectivity index (χ4n) is 1.76. The molecule has 2 atom stereocenters. The standard InChI is InChI=1S/C12H23N3O/c1-7-15-10(4)12(9(3)14-15)13-8(2)11(5)16-6/h8,11,13H,7H2,1-6H3. The number of hydrogen-bond acceptors (Lipinski definition) is 3. The normalized spacial score (nSPS) is 14.9. The van der Waals surface area contributed by atoms with Gasteiger partial charge in [0.2, 0.25) is 0 Å². The maximum Gasteiger partial charge on any atom is 0.0828 e. The fourth-order valence-corrected chi connectivity index (χ4v) is 1.76. The van der Waals surface area contributed by atoms with Gasteiger partial charge in [-0.2, -0.15) is 5.10 Å². The van der Waals surface area contributed by atoms with Crippen molar-refractivity contribution < 1.29 is 4.74 Å². The molecule has 0 aliphatic carbocycles. The molecule has 2 unspecified atom stereocenters. The zero-order valence-electron chi connectivity index (χ0n) is 11.2. The SMILES string of the molecule is CCn1nc(C)c(NC(C)C(C)OC)c1C.